The Morgan fingerprint density at radius 3 is 2.87 bits per heavy atom. The number of sulfonamides is 1. The molecule has 1 aromatic heterocycles. The lowest BCUT2D eigenvalue weighted by atomic mass is 10.2. The molecule has 1 saturated heterocycles. The van der Waals surface area contributed by atoms with Gasteiger partial charge in [0.1, 0.15) is 9.96 Å². The molecule has 1 amide bonds. The molecule has 1 atom stereocenters. The van der Waals surface area contributed by atoms with Crippen LogP contribution >= 0.6 is 11.3 Å². The van der Waals surface area contributed by atoms with E-state index in [2.05, 4.69) is 17.6 Å². The summed E-state index contributed by atoms with van der Waals surface area (Å²) in [6.45, 7) is 4.42. The first kappa shape index (κ1) is 23.7. The van der Waals surface area contributed by atoms with Crippen molar-refractivity contribution in [2.24, 2.45) is 0 Å². The molecule has 2 heterocycles. The van der Waals surface area contributed by atoms with E-state index in [1.54, 1.807) is 47.8 Å². The van der Waals surface area contributed by atoms with E-state index in [1.807, 2.05) is 0 Å². The van der Waals surface area contributed by atoms with Crippen LogP contribution in [0.25, 0.3) is 0 Å². The van der Waals surface area contributed by atoms with Crippen molar-refractivity contribution in [3.8, 4) is 5.75 Å². The Morgan fingerprint density at radius 1 is 1.26 bits per heavy atom. The maximum absolute atomic E-state index is 13.0. The largest absolute Gasteiger partial charge is 0.497 e. The van der Waals surface area contributed by atoms with Crippen molar-refractivity contribution in [1.29, 1.82) is 0 Å². The third kappa shape index (κ3) is 6.29. The van der Waals surface area contributed by atoms with Gasteiger partial charge in [-0.25, -0.2) is 8.42 Å². The van der Waals surface area contributed by atoms with E-state index in [-0.39, 0.29) is 18.5 Å². The predicted molar refractivity (Wildman–Crippen MR) is 123 cm³/mol. The summed E-state index contributed by atoms with van der Waals surface area (Å²) in [4.78, 5) is 13.2. The van der Waals surface area contributed by atoms with Gasteiger partial charge in [0.05, 0.1) is 13.7 Å². The van der Waals surface area contributed by atoms with Gasteiger partial charge in [-0.3, -0.25) is 4.79 Å². The fourth-order valence-electron chi connectivity index (χ4n) is 3.55. The molecule has 0 bridgehead atoms. The molecule has 1 unspecified atom stereocenters. The Morgan fingerprint density at radius 2 is 2.10 bits per heavy atom. The maximum atomic E-state index is 13.0. The highest BCUT2D eigenvalue weighted by Crippen LogP contribution is 2.27. The minimum Gasteiger partial charge on any atom is -0.497 e. The fourth-order valence-corrected chi connectivity index (χ4v) is 6.50. The molecule has 1 fully saturated rings. The zero-order chi connectivity index (χ0) is 22.3. The summed E-state index contributed by atoms with van der Waals surface area (Å²) >= 11 is 1.21. The average molecular weight is 466 g/mol. The summed E-state index contributed by atoms with van der Waals surface area (Å²) in [5.41, 5.74) is 0.498. The highest BCUT2D eigenvalue weighted by atomic mass is 32.2. The van der Waals surface area contributed by atoms with Crippen LogP contribution in [0.4, 0.5) is 0 Å². The number of carbonyl (C=O) groups excluding carboxylic acids is 1. The van der Waals surface area contributed by atoms with Gasteiger partial charge in [-0.15, -0.1) is 11.3 Å². The summed E-state index contributed by atoms with van der Waals surface area (Å²) in [6.07, 6.45) is 4.32. The summed E-state index contributed by atoms with van der Waals surface area (Å²) in [7, 11) is -1.95. The van der Waals surface area contributed by atoms with Crippen molar-refractivity contribution >= 4 is 27.3 Å². The van der Waals surface area contributed by atoms with Gasteiger partial charge < -0.3 is 15.4 Å². The molecule has 1 aliphatic rings. The van der Waals surface area contributed by atoms with Gasteiger partial charge in [-0.1, -0.05) is 25.8 Å². The lowest BCUT2D eigenvalue weighted by molar-refractivity contribution is 0.0951. The van der Waals surface area contributed by atoms with E-state index in [0.29, 0.717) is 28.6 Å². The highest BCUT2D eigenvalue weighted by molar-refractivity contribution is 7.91. The van der Waals surface area contributed by atoms with E-state index < -0.39 is 10.0 Å². The smallest absolute Gasteiger partial charge is 0.252 e. The quantitative estimate of drug-likeness (QED) is 0.498. The maximum Gasteiger partial charge on any atom is 0.252 e. The molecule has 1 aliphatic heterocycles. The zero-order valence-corrected chi connectivity index (χ0v) is 19.7. The second-order valence-electron chi connectivity index (χ2n) is 7.65. The van der Waals surface area contributed by atoms with E-state index in [0.717, 1.165) is 24.3 Å². The van der Waals surface area contributed by atoms with Crippen LogP contribution in [0.15, 0.2) is 40.6 Å². The molecule has 0 spiro atoms. The summed E-state index contributed by atoms with van der Waals surface area (Å²) in [6, 6.07) is 10.5. The Labute approximate surface area is 188 Å². The Bertz CT molecular complexity index is 975. The molecule has 3 rings (SSSR count). The number of rotatable bonds is 11. The minimum absolute atomic E-state index is 0.216. The summed E-state index contributed by atoms with van der Waals surface area (Å²) < 4.78 is 33.0. The van der Waals surface area contributed by atoms with Crippen molar-refractivity contribution in [2.45, 2.75) is 49.4 Å². The van der Waals surface area contributed by atoms with E-state index in [1.165, 1.54) is 24.2 Å². The number of amides is 1. The average Bonchev–Trinajstić information content (AvgIpc) is 3.45. The van der Waals surface area contributed by atoms with E-state index in [9.17, 15) is 13.2 Å². The van der Waals surface area contributed by atoms with Gasteiger partial charge in [0, 0.05) is 29.6 Å². The number of nitrogens with one attached hydrogen (secondary N) is 2. The van der Waals surface area contributed by atoms with Crippen LogP contribution in [-0.4, -0.2) is 51.4 Å². The van der Waals surface area contributed by atoms with Crippen LogP contribution in [0.3, 0.4) is 0 Å². The van der Waals surface area contributed by atoms with Gasteiger partial charge in [0.15, 0.2) is 0 Å². The molecule has 2 aromatic rings. The number of benzene rings is 1. The Kier molecular flexibility index (Phi) is 8.48. The van der Waals surface area contributed by atoms with Gasteiger partial charge in [-0.05, 0) is 49.7 Å². The number of nitrogens with zero attached hydrogens (tertiary/aromatic N) is 1. The van der Waals surface area contributed by atoms with Crippen molar-refractivity contribution in [2.75, 3.05) is 26.7 Å². The fraction of sp³-hybridized carbons (Fsp3) is 0.500. The molecule has 1 aromatic carbocycles. The number of thiophene rings is 1. The number of methoxy groups -OCH3 is 1. The topological polar surface area (TPSA) is 87.7 Å². The number of hydrogen-bond donors (Lipinski definition) is 2. The van der Waals surface area contributed by atoms with Gasteiger partial charge in [0.25, 0.3) is 15.9 Å². The van der Waals surface area contributed by atoms with Gasteiger partial charge in [0.2, 0.25) is 0 Å². The first-order chi connectivity index (χ1) is 14.9. The first-order valence-corrected chi connectivity index (χ1v) is 12.9. The van der Waals surface area contributed by atoms with Crippen LogP contribution in [0.2, 0.25) is 0 Å². The van der Waals surface area contributed by atoms with Crippen LogP contribution in [0.5, 0.6) is 5.75 Å². The molecular formula is C22H31N3O4S2. The molecule has 9 heteroatoms. The molecule has 0 aliphatic carbocycles. The number of hydrogen-bond acceptors (Lipinski definition) is 6. The van der Waals surface area contributed by atoms with Crippen molar-refractivity contribution in [3.63, 3.8) is 0 Å². The molecular weight excluding hydrogens is 434 g/mol. The Balaban J connectivity index is 1.54. The lowest BCUT2D eigenvalue weighted by Crippen LogP contribution is -2.35. The monoisotopic (exact) mass is 465 g/mol. The van der Waals surface area contributed by atoms with Crippen molar-refractivity contribution in [3.05, 3.63) is 46.8 Å². The molecule has 0 radical (unpaired) electrons. The molecule has 0 saturated carbocycles. The minimum atomic E-state index is -3.50. The van der Waals surface area contributed by atoms with Crippen molar-refractivity contribution in [1.82, 2.24) is 14.9 Å². The third-order valence-corrected chi connectivity index (χ3v) is 8.77. The molecule has 7 nitrogen and oxygen atoms in total. The SMILES string of the molecule is CCCCCNC1CCN(S(=O)(=O)c2ccc(CNC(=O)c3cccc(OC)c3)s2)C1. The summed E-state index contributed by atoms with van der Waals surface area (Å²) in [5, 5.41) is 6.31. The molecule has 170 valence electrons. The highest BCUT2D eigenvalue weighted by Gasteiger charge is 2.33. The lowest BCUT2D eigenvalue weighted by Gasteiger charge is -2.16. The van der Waals surface area contributed by atoms with Crippen molar-refractivity contribution < 1.29 is 17.9 Å². The predicted octanol–water partition coefficient (Wildman–Crippen LogP) is 3.23. The van der Waals surface area contributed by atoms with Crippen LogP contribution in [0.1, 0.15) is 47.8 Å². The second kappa shape index (κ2) is 11.1. The van der Waals surface area contributed by atoms with Crippen LogP contribution in [-0.2, 0) is 16.6 Å². The normalized spacial score (nSPS) is 17.0. The molecule has 31 heavy (non-hydrogen) atoms. The third-order valence-electron chi connectivity index (χ3n) is 5.35. The number of carbonyl (C=O) groups is 1. The summed E-state index contributed by atoms with van der Waals surface area (Å²) in [5.74, 6) is 0.383. The first-order valence-electron chi connectivity index (χ1n) is 10.7. The Hall–Kier alpha value is -1.94. The number of ether oxygens (including phenoxy) is 1. The van der Waals surface area contributed by atoms with E-state index in [4.69, 9.17) is 4.74 Å². The zero-order valence-electron chi connectivity index (χ0n) is 18.1. The van der Waals surface area contributed by atoms with E-state index >= 15 is 0 Å². The van der Waals surface area contributed by atoms with Crippen LogP contribution in [0, 0.1) is 0 Å². The molecule has 2 N–H and O–H groups in total. The van der Waals surface area contributed by atoms with Gasteiger partial charge in [-0.2, -0.15) is 4.31 Å². The van der Waals surface area contributed by atoms with Gasteiger partial charge >= 0.3 is 0 Å². The second-order valence-corrected chi connectivity index (χ2v) is 11.0. The number of unbranched alkanes of at least 4 members (excludes halogenated alkanes) is 2. The van der Waals surface area contributed by atoms with Crippen LogP contribution < -0.4 is 15.4 Å². The standard InChI is InChI=1S/C22H31N3O4S2/c1-3-4-5-12-23-18-11-13-25(16-18)31(27,28)21-10-9-20(30-21)15-24-22(26)17-7-6-8-19(14-17)29-2/h6-10,14,18,23H,3-5,11-13,15-16H2,1-2H3,(H,24,26).